The van der Waals surface area contributed by atoms with E-state index in [1.54, 1.807) is 24.4 Å². The number of hydrogen-bond acceptors (Lipinski definition) is 6. The third-order valence-electron chi connectivity index (χ3n) is 5.31. The number of aryl methyl sites for hydroxylation is 1. The molecule has 0 spiro atoms. The van der Waals surface area contributed by atoms with Gasteiger partial charge in [0.2, 0.25) is 15.9 Å². The molecule has 0 atom stereocenters. The van der Waals surface area contributed by atoms with Crippen LogP contribution in [0, 0.1) is 24.2 Å². The maximum Gasteiger partial charge on any atom is 0.242 e. The van der Waals surface area contributed by atoms with Crippen LogP contribution in [0.2, 0.25) is 0 Å². The van der Waals surface area contributed by atoms with Crippen LogP contribution in [0.25, 0.3) is 0 Å². The summed E-state index contributed by atoms with van der Waals surface area (Å²) in [5.74, 6) is 0.531. The molecular weight excluding hydrogens is 402 g/mol. The van der Waals surface area contributed by atoms with Crippen molar-refractivity contribution in [3.63, 3.8) is 0 Å². The van der Waals surface area contributed by atoms with Crippen molar-refractivity contribution < 1.29 is 13.2 Å². The van der Waals surface area contributed by atoms with Gasteiger partial charge in [-0.05, 0) is 49.6 Å². The number of benzene rings is 1. The minimum absolute atomic E-state index is 0.107. The summed E-state index contributed by atoms with van der Waals surface area (Å²) < 4.78 is 25.9. The number of rotatable bonds is 5. The van der Waals surface area contributed by atoms with Gasteiger partial charge in [0.1, 0.15) is 11.9 Å². The molecule has 1 N–H and O–H groups in total. The van der Waals surface area contributed by atoms with Crippen molar-refractivity contribution in [1.29, 1.82) is 5.26 Å². The summed E-state index contributed by atoms with van der Waals surface area (Å²) in [5, 5.41) is 11.8. The Labute approximate surface area is 177 Å². The van der Waals surface area contributed by atoms with Crippen molar-refractivity contribution in [2.75, 3.05) is 37.4 Å². The van der Waals surface area contributed by atoms with Crippen molar-refractivity contribution in [2.24, 2.45) is 5.92 Å². The van der Waals surface area contributed by atoms with Crippen LogP contribution in [0.15, 0.2) is 41.4 Å². The summed E-state index contributed by atoms with van der Waals surface area (Å²) in [5.41, 5.74) is 1.83. The Hall–Kier alpha value is -2.96. The molecule has 1 aromatic carbocycles. The fraction of sp³-hybridized carbons (Fsp3) is 0.381. The van der Waals surface area contributed by atoms with Crippen LogP contribution in [-0.2, 0) is 14.8 Å². The van der Waals surface area contributed by atoms with E-state index < -0.39 is 10.0 Å². The molecule has 9 heteroatoms. The van der Waals surface area contributed by atoms with Gasteiger partial charge in [0.15, 0.2) is 0 Å². The normalized spacial score (nSPS) is 15.1. The van der Waals surface area contributed by atoms with Crippen molar-refractivity contribution >= 4 is 27.4 Å². The maximum absolute atomic E-state index is 12.8. The van der Waals surface area contributed by atoms with Gasteiger partial charge in [-0.3, -0.25) is 4.79 Å². The lowest BCUT2D eigenvalue weighted by atomic mass is 9.95. The van der Waals surface area contributed by atoms with Gasteiger partial charge in [-0.2, -0.15) is 5.26 Å². The van der Waals surface area contributed by atoms with Gasteiger partial charge in [0, 0.05) is 45.0 Å². The number of sulfonamides is 1. The van der Waals surface area contributed by atoms with Gasteiger partial charge in [-0.1, -0.05) is 6.07 Å². The number of nitrogens with one attached hydrogen (secondary N) is 1. The highest BCUT2D eigenvalue weighted by Gasteiger charge is 2.26. The first-order chi connectivity index (χ1) is 14.2. The number of aromatic nitrogens is 1. The van der Waals surface area contributed by atoms with Gasteiger partial charge in [-0.15, -0.1) is 0 Å². The molecule has 1 fully saturated rings. The van der Waals surface area contributed by atoms with Crippen LogP contribution in [-0.4, -0.2) is 50.8 Å². The Morgan fingerprint density at radius 2 is 1.93 bits per heavy atom. The predicted molar refractivity (Wildman–Crippen MR) is 115 cm³/mol. The molecule has 158 valence electrons. The van der Waals surface area contributed by atoms with Crippen LogP contribution >= 0.6 is 0 Å². The van der Waals surface area contributed by atoms with Crippen LogP contribution in [0.4, 0.5) is 11.5 Å². The topological polar surface area (TPSA) is 106 Å². The summed E-state index contributed by atoms with van der Waals surface area (Å²) in [6, 6.07) is 10.4. The zero-order chi connectivity index (χ0) is 21.9. The third kappa shape index (κ3) is 4.61. The monoisotopic (exact) mass is 427 g/mol. The van der Waals surface area contributed by atoms with E-state index in [-0.39, 0.29) is 16.7 Å². The standard InChI is InChI=1S/C21H25N5O3S/c1-15-4-6-18(30(28,29)25(2)3)12-19(15)24-21(27)17-8-10-26(11-9-17)20-7-5-16(13-22)14-23-20/h4-7,12,14,17H,8-11H2,1-3H3,(H,24,27). The maximum atomic E-state index is 12.8. The molecular formula is C21H25N5O3S. The molecule has 1 saturated heterocycles. The van der Waals surface area contributed by atoms with Crippen LogP contribution in [0.5, 0.6) is 0 Å². The average molecular weight is 428 g/mol. The van der Waals surface area contributed by atoms with E-state index in [2.05, 4.69) is 21.3 Å². The highest BCUT2D eigenvalue weighted by Crippen LogP contribution is 2.26. The van der Waals surface area contributed by atoms with Gasteiger partial charge >= 0.3 is 0 Å². The predicted octanol–water partition coefficient (Wildman–Crippen LogP) is 2.37. The number of pyridine rings is 1. The second-order valence-corrected chi connectivity index (χ2v) is 9.68. The summed E-state index contributed by atoms with van der Waals surface area (Å²) in [6.45, 7) is 3.21. The summed E-state index contributed by atoms with van der Waals surface area (Å²) in [4.78, 5) is 19.4. The van der Waals surface area contributed by atoms with Gasteiger partial charge < -0.3 is 10.2 Å². The van der Waals surface area contributed by atoms with Gasteiger partial charge in [0.25, 0.3) is 0 Å². The fourth-order valence-corrected chi connectivity index (χ4v) is 4.28. The lowest BCUT2D eigenvalue weighted by molar-refractivity contribution is -0.120. The zero-order valence-corrected chi connectivity index (χ0v) is 18.1. The number of carbonyl (C=O) groups is 1. The Kier molecular flexibility index (Phi) is 6.39. The number of carbonyl (C=O) groups excluding carboxylic acids is 1. The van der Waals surface area contributed by atoms with Gasteiger partial charge in [0.05, 0.1) is 10.5 Å². The summed E-state index contributed by atoms with van der Waals surface area (Å²) in [6.07, 6.45) is 2.89. The van der Waals surface area contributed by atoms with Crippen LogP contribution < -0.4 is 10.2 Å². The van der Waals surface area contributed by atoms with Crippen molar-refractivity contribution in [3.8, 4) is 6.07 Å². The Morgan fingerprint density at radius 1 is 1.23 bits per heavy atom. The number of amides is 1. The molecule has 2 aromatic rings. The Balaban J connectivity index is 1.65. The largest absolute Gasteiger partial charge is 0.357 e. The van der Waals surface area contributed by atoms with Gasteiger partial charge in [-0.25, -0.2) is 17.7 Å². The number of nitrogens with zero attached hydrogens (tertiary/aromatic N) is 4. The smallest absolute Gasteiger partial charge is 0.242 e. The van der Waals surface area contributed by atoms with Crippen molar-refractivity contribution in [1.82, 2.24) is 9.29 Å². The first-order valence-electron chi connectivity index (χ1n) is 9.67. The Morgan fingerprint density at radius 3 is 2.50 bits per heavy atom. The minimum atomic E-state index is -3.57. The molecule has 0 bridgehead atoms. The van der Waals surface area contributed by atoms with E-state index in [4.69, 9.17) is 5.26 Å². The quantitative estimate of drug-likeness (QED) is 0.785. The minimum Gasteiger partial charge on any atom is -0.357 e. The lowest BCUT2D eigenvalue weighted by Crippen LogP contribution is -2.38. The van der Waals surface area contributed by atoms with E-state index in [0.29, 0.717) is 37.2 Å². The molecule has 1 amide bonds. The molecule has 30 heavy (non-hydrogen) atoms. The lowest BCUT2D eigenvalue weighted by Gasteiger charge is -2.32. The molecule has 0 radical (unpaired) electrons. The fourth-order valence-electron chi connectivity index (χ4n) is 3.35. The zero-order valence-electron chi connectivity index (χ0n) is 17.3. The molecule has 0 saturated carbocycles. The first-order valence-corrected chi connectivity index (χ1v) is 11.1. The number of hydrogen-bond donors (Lipinski definition) is 1. The summed E-state index contributed by atoms with van der Waals surface area (Å²) in [7, 11) is -0.619. The van der Waals surface area contributed by atoms with E-state index in [1.807, 2.05) is 13.0 Å². The SMILES string of the molecule is Cc1ccc(S(=O)(=O)N(C)C)cc1NC(=O)C1CCN(c2ccc(C#N)cn2)CC1. The average Bonchev–Trinajstić information content (AvgIpc) is 2.75. The van der Waals surface area contributed by atoms with Crippen LogP contribution in [0.3, 0.4) is 0 Å². The van der Waals surface area contributed by atoms with Crippen LogP contribution in [0.1, 0.15) is 24.0 Å². The highest BCUT2D eigenvalue weighted by molar-refractivity contribution is 7.89. The van der Waals surface area contributed by atoms with E-state index in [1.165, 1.54) is 20.2 Å². The Bertz CT molecular complexity index is 1070. The molecule has 1 aliphatic rings. The molecule has 1 aliphatic heterocycles. The van der Waals surface area contributed by atoms with Crippen molar-refractivity contribution in [2.45, 2.75) is 24.7 Å². The second-order valence-electron chi connectivity index (χ2n) is 7.53. The van der Waals surface area contributed by atoms with E-state index in [9.17, 15) is 13.2 Å². The first kappa shape index (κ1) is 21.7. The number of anilines is 2. The van der Waals surface area contributed by atoms with Crippen molar-refractivity contribution in [3.05, 3.63) is 47.7 Å². The molecule has 0 unspecified atom stereocenters. The molecule has 1 aromatic heterocycles. The molecule has 8 nitrogen and oxygen atoms in total. The van der Waals surface area contributed by atoms with E-state index in [0.717, 1.165) is 15.7 Å². The van der Waals surface area contributed by atoms with E-state index >= 15 is 0 Å². The molecule has 2 heterocycles. The summed E-state index contributed by atoms with van der Waals surface area (Å²) >= 11 is 0. The third-order valence-corrected chi connectivity index (χ3v) is 7.12. The number of nitriles is 1. The number of piperidine rings is 1. The molecule has 0 aliphatic carbocycles. The highest BCUT2D eigenvalue weighted by atomic mass is 32.2. The molecule has 3 rings (SSSR count). The second kappa shape index (κ2) is 8.81.